The van der Waals surface area contributed by atoms with E-state index in [0.717, 1.165) is 0 Å². The van der Waals surface area contributed by atoms with Gasteiger partial charge in [0.25, 0.3) is 0 Å². The zero-order valence-corrected chi connectivity index (χ0v) is 5.99. The molecule has 0 spiro atoms. The minimum absolute atomic E-state index is 0.526. The number of aliphatic hydroxyl groups excluding tert-OH is 1. The number of benzene rings is 1. The maximum Gasteiger partial charge on any atom is 0.141 e. The van der Waals surface area contributed by atoms with Crippen LogP contribution < -0.4 is 5.73 Å². The summed E-state index contributed by atoms with van der Waals surface area (Å²) in [6.45, 7) is 0. The van der Waals surface area contributed by atoms with Gasteiger partial charge in [-0.25, -0.2) is 0 Å². The van der Waals surface area contributed by atoms with Crippen LogP contribution in [0.15, 0.2) is 24.3 Å². The van der Waals surface area contributed by atoms with Crippen LogP contribution in [0.1, 0.15) is 11.7 Å². The molecule has 0 bridgehead atoms. The molecule has 1 aromatic rings. The Morgan fingerprint density at radius 1 is 1.45 bits per heavy atom. The van der Waals surface area contributed by atoms with Crippen molar-refractivity contribution in [2.24, 2.45) is 0 Å². The molecular formula is C9H9NO. The molecule has 11 heavy (non-hydrogen) atoms. The normalized spacial score (nSPS) is 12.0. The van der Waals surface area contributed by atoms with E-state index in [9.17, 15) is 5.11 Å². The van der Waals surface area contributed by atoms with Gasteiger partial charge in [0.15, 0.2) is 0 Å². The molecule has 2 heteroatoms. The first kappa shape index (κ1) is 7.64. The van der Waals surface area contributed by atoms with E-state index in [0.29, 0.717) is 11.3 Å². The Morgan fingerprint density at radius 2 is 2.09 bits per heavy atom. The maximum absolute atomic E-state index is 9.19. The van der Waals surface area contributed by atoms with Gasteiger partial charge in [0.2, 0.25) is 0 Å². The average Bonchev–Trinajstić information content (AvgIpc) is 2.04. The van der Waals surface area contributed by atoms with Crippen LogP contribution in [0.2, 0.25) is 0 Å². The molecule has 0 aliphatic carbocycles. The number of anilines is 1. The van der Waals surface area contributed by atoms with E-state index in [1.165, 1.54) is 0 Å². The first-order chi connectivity index (χ1) is 5.25. The van der Waals surface area contributed by atoms with Crippen LogP contribution in [0.25, 0.3) is 0 Å². The largest absolute Gasteiger partial charge is 0.398 e. The first-order valence-corrected chi connectivity index (χ1v) is 3.24. The van der Waals surface area contributed by atoms with E-state index in [1.54, 1.807) is 24.3 Å². The van der Waals surface area contributed by atoms with Gasteiger partial charge in [-0.3, -0.25) is 0 Å². The van der Waals surface area contributed by atoms with Crippen LogP contribution in [-0.2, 0) is 0 Å². The zero-order valence-electron chi connectivity index (χ0n) is 5.99. The van der Waals surface area contributed by atoms with Gasteiger partial charge < -0.3 is 10.8 Å². The Labute approximate surface area is 65.7 Å². The molecule has 0 amide bonds. The van der Waals surface area contributed by atoms with Gasteiger partial charge in [-0.1, -0.05) is 24.1 Å². The topological polar surface area (TPSA) is 46.2 Å². The lowest BCUT2D eigenvalue weighted by atomic mass is 10.1. The molecule has 1 rings (SSSR count). The summed E-state index contributed by atoms with van der Waals surface area (Å²) in [5, 5.41) is 9.19. The van der Waals surface area contributed by atoms with Crippen LogP contribution in [0, 0.1) is 12.3 Å². The number of terminal acetylenes is 1. The molecular weight excluding hydrogens is 138 g/mol. The van der Waals surface area contributed by atoms with Gasteiger partial charge in [-0.05, 0) is 6.07 Å². The predicted octanol–water partition coefficient (Wildman–Crippen LogP) is 0.935. The molecule has 1 unspecified atom stereocenters. The second kappa shape index (κ2) is 3.09. The van der Waals surface area contributed by atoms with Crippen LogP contribution in [0.5, 0.6) is 0 Å². The summed E-state index contributed by atoms with van der Waals surface area (Å²) in [5.74, 6) is 2.20. The van der Waals surface area contributed by atoms with E-state index in [-0.39, 0.29) is 0 Å². The summed E-state index contributed by atoms with van der Waals surface area (Å²) in [7, 11) is 0. The van der Waals surface area contributed by atoms with Crippen LogP contribution in [0.4, 0.5) is 5.69 Å². The molecule has 0 saturated heterocycles. The monoisotopic (exact) mass is 147 g/mol. The Balaban J connectivity index is 3.05. The van der Waals surface area contributed by atoms with E-state index in [2.05, 4.69) is 5.92 Å². The third-order valence-corrected chi connectivity index (χ3v) is 1.45. The zero-order chi connectivity index (χ0) is 8.27. The van der Waals surface area contributed by atoms with Crippen molar-refractivity contribution >= 4 is 5.69 Å². The Morgan fingerprint density at radius 3 is 2.64 bits per heavy atom. The van der Waals surface area contributed by atoms with Crippen molar-refractivity contribution in [2.75, 3.05) is 5.73 Å². The average molecular weight is 147 g/mol. The van der Waals surface area contributed by atoms with Crippen molar-refractivity contribution in [1.29, 1.82) is 0 Å². The molecule has 0 aliphatic heterocycles. The van der Waals surface area contributed by atoms with Gasteiger partial charge in [0.1, 0.15) is 6.10 Å². The fourth-order valence-electron chi connectivity index (χ4n) is 0.850. The highest BCUT2D eigenvalue weighted by Crippen LogP contribution is 2.18. The van der Waals surface area contributed by atoms with E-state index in [1.807, 2.05) is 0 Å². The van der Waals surface area contributed by atoms with Gasteiger partial charge >= 0.3 is 0 Å². The van der Waals surface area contributed by atoms with Crippen molar-refractivity contribution in [3.05, 3.63) is 29.8 Å². The van der Waals surface area contributed by atoms with Crippen molar-refractivity contribution in [3.63, 3.8) is 0 Å². The second-order valence-corrected chi connectivity index (χ2v) is 2.20. The molecule has 0 aromatic heterocycles. The SMILES string of the molecule is C#CC(O)c1ccccc1N. The van der Waals surface area contributed by atoms with Crippen molar-refractivity contribution in [1.82, 2.24) is 0 Å². The summed E-state index contributed by atoms with van der Waals surface area (Å²) in [4.78, 5) is 0. The minimum atomic E-state index is -0.892. The van der Waals surface area contributed by atoms with Crippen molar-refractivity contribution in [3.8, 4) is 12.3 Å². The van der Waals surface area contributed by atoms with Crippen LogP contribution in [-0.4, -0.2) is 5.11 Å². The van der Waals surface area contributed by atoms with E-state index < -0.39 is 6.10 Å². The molecule has 0 saturated carbocycles. The molecule has 56 valence electrons. The number of hydrogen-bond acceptors (Lipinski definition) is 2. The minimum Gasteiger partial charge on any atom is -0.398 e. The third kappa shape index (κ3) is 1.51. The number of rotatable bonds is 1. The first-order valence-electron chi connectivity index (χ1n) is 3.24. The molecule has 3 N–H and O–H groups in total. The van der Waals surface area contributed by atoms with E-state index >= 15 is 0 Å². The second-order valence-electron chi connectivity index (χ2n) is 2.20. The van der Waals surface area contributed by atoms with Gasteiger partial charge in [0, 0.05) is 11.3 Å². The predicted molar refractivity (Wildman–Crippen MR) is 44.6 cm³/mol. The molecule has 0 aliphatic rings. The molecule has 1 atom stereocenters. The molecule has 0 radical (unpaired) electrons. The fraction of sp³-hybridized carbons (Fsp3) is 0.111. The van der Waals surface area contributed by atoms with Gasteiger partial charge in [-0.15, -0.1) is 6.42 Å². The Kier molecular flexibility index (Phi) is 2.15. The highest BCUT2D eigenvalue weighted by Gasteiger charge is 2.04. The molecule has 0 fully saturated rings. The Bertz CT molecular complexity index is 288. The summed E-state index contributed by atoms with van der Waals surface area (Å²) >= 11 is 0. The third-order valence-electron chi connectivity index (χ3n) is 1.45. The van der Waals surface area contributed by atoms with Crippen molar-refractivity contribution < 1.29 is 5.11 Å². The summed E-state index contributed by atoms with van der Waals surface area (Å²) in [5.41, 5.74) is 6.66. The highest BCUT2D eigenvalue weighted by atomic mass is 16.3. The summed E-state index contributed by atoms with van der Waals surface area (Å²) in [6, 6.07) is 6.99. The molecule has 0 heterocycles. The van der Waals surface area contributed by atoms with E-state index in [4.69, 9.17) is 12.2 Å². The maximum atomic E-state index is 9.19. The molecule has 1 aromatic carbocycles. The number of para-hydroxylation sites is 1. The fourth-order valence-corrected chi connectivity index (χ4v) is 0.850. The summed E-state index contributed by atoms with van der Waals surface area (Å²) < 4.78 is 0. The molecule has 2 nitrogen and oxygen atoms in total. The number of aliphatic hydroxyl groups is 1. The van der Waals surface area contributed by atoms with Gasteiger partial charge in [0.05, 0.1) is 0 Å². The standard InChI is InChI=1S/C9H9NO/c1-2-9(11)7-5-3-4-6-8(7)10/h1,3-6,9,11H,10H2. The quantitative estimate of drug-likeness (QED) is 0.458. The lowest BCUT2D eigenvalue weighted by molar-refractivity contribution is 0.239. The lowest BCUT2D eigenvalue weighted by Gasteiger charge is -2.05. The Hall–Kier alpha value is -1.46. The number of nitrogen functional groups attached to an aromatic ring is 1. The van der Waals surface area contributed by atoms with Gasteiger partial charge in [-0.2, -0.15) is 0 Å². The highest BCUT2D eigenvalue weighted by molar-refractivity contribution is 5.49. The van der Waals surface area contributed by atoms with Crippen LogP contribution >= 0.6 is 0 Å². The van der Waals surface area contributed by atoms with Crippen LogP contribution in [0.3, 0.4) is 0 Å². The smallest absolute Gasteiger partial charge is 0.141 e. The lowest BCUT2D eigenvalue weighted by Crippen LogP contribution is -1.98. The summed E-state index contributed by atoms with van der Waals surface area (Å²) in [6.07, 6.45) is 4.12. The number of hydrogen-bond donors (Lipinski definition) is 2. The number of nitrogens with two attached hydrogens (primary N) is 1. The van der Waals surface area contributed by atoms with Crippen molar-refractivity contribution in [2.45, 2.75) is 6.10 Å².